The molecule has 4 heteroatoms. The summed E-state index contributed by atoms with van der Waals surface area (Å²) in [6.45, 7) is 0. The minimum atomic E-state index is -1.59. The summed E-state index contributed by atoms with van der Waals surface area (Å²) in [5.41, 5.74) is 5.93. The smallest absolute Gasteiger partial charge is 0.147 e. The zero-order chi connectivity index (χ0) is 17.3. The summed E-state index contributed by atoms with van der Waals surface area (Å²) in [6.07, 6.45) is 11.2. The molecule has 2 aliphatic rings. The van der Waals surface area contributed by atoms with Crippen LogP contribution < -0.4 is 5.30 Å². The number of allylic oxidation sites excluding steroid dienone is 2. The molecular formula is C24H21Cl2PTi. The van der Waals surface area contributed by atoms with Gasteiger partial charge in [0.1, 0.15) is 0 Å². The summed E-state index contributed by atoms with van der Waals surface area (Å²) in [5, 5.41) is 1.47. The van der Waals surface area contributed by atoms with Crippen molar-refractivity contribution in [3.8, 4) is 0 Å². The molecule has 0 nitrogen and oxygen atoms in total. The van der Waals surface area contributed by atoms with Gasteiger partial charge in [0, 0.05) is 0 Å². The van der Waals surface area contributed by atoms with Crippen molar-refractivity contribution in [2.24, 2.45) is 0 Å². The Hall–Kier alpha value is -1.27. The number of benzene rings is 3. The second-order valence-electron chi connectivity index (χ2n) is 6.80. The first kappa shape index (κ1) is 21.4. The normalized spacial score (nSPS) is 18.1. The topological polar surface area (TPSA) is 0 Å². The van der Waals surface area contributed by atoms with Gasteiger partial charge in [0.2, 0.25) is 0 Å². The Balaban J connectivity index is 0.00000112. The molecule has 28 heavy (non-hydrogen) atoms. The van der Waals surface area contributed by atoms with Gasteiger partial charge in [-0.2, -0.15) is 0 Å². The van der Waals surface area contributed by atoms with E-state index in [1.165, 1.54) is 16.4 Å². The molecular weight excluding hydrogens is 438 g/mol. The third-order valence-corrected chi connectivity index (χ3v) is 14.3. The summed E-state index contributed by atoms with van der Waals surface area (Å²) in [4.78, 5) is 0. The van der Waals surface area contributed by atoms with Crippen molar-refractivity contribution in [2.45, 2.75) is 8.45 Å². The van der Waals surface area contributed by atoms with Gasteiger partial charge in [0.25, 0.3) is 0 Å². The molecule has 0 aromatic heterocycles. The minimum absolute atomic E-state index is 0. The van der Waals surface area contributed by atoms with Gasteiger partial charge in [-0.1, -0.05) is 0 Å². The van der Waals surface area contributed by atoms with Crippen molar-refractivity contribution in [1.82, 2.24) is 0 Å². The zero-order valence-corrected chi connectivity index (χ0v) is 19.3. The molecule has 0 spiro atoms. The zero-order valence-electron chi connectivity index (χ0n) is 15.2. The van der Waals surface area contributed by atoms with E-state index in [9.17, 15) is 0 Å². The van der Waals surface area contributed by atoms with E-state index in [1.54, 1.807) is 17.2 Å². The summed E-state index contributed by atoms with van der Waals surface area (Å²) in [5.74, 6) is 0. The summed E-state index contributed by atoms with van der Waals surface area (Å²) >= 11 is -1.59. The predicted octanol–water partition coefficient (Wildman–Crippen LogP) is 7.17. The minimum Gasteiger partial charge on any atom is -0.147 e. The number of hydrogen-bond acceptors (Lipinski definition) is 0. The van der Waals surface area contributed by atoms with Crippen molar-refractivity contribution < 1.29 is 16.9 Å². The third-order valence-electron chi connectivity index (χ3n) is 5.25. The molecule has 5 rings (SSSR count). The van der Waals surface area contributed by atoms with Crippen molar-refractivity contribution in [3.63, 3.8) is 0 Å². The first-order valence-electron chi connectivity index (χ1n) is 9.08. The van der Waals surface area contributed by atoms with E-state index in [0.29, 0.717) is 8.45 Å². The van der Waals surface area contributed by atoms with Crippen LogP contribution in [0.15, 0.2) is 91.0 Å². The Morgan fingerprint density at radius 2 is 1.04 bits per heavy atom. The van der Waals surface area contributed by atoms with Gasteiger partial charge in [-0.15, -0.1) is 24.8 Å². The molecule has 0 N–H and O–H groups in total. The van der Waals surface area contributed by atoms with Crippen LogP contribution in [-0.4, -0.2) is 0 Å². The Morgan fingerprint density at radius 1 is 0.571 bits per heavy atom. The second kappa shape index (κ2) is 9.49. The van der Waals surface area contributed by atoms with Crippen LogP contribution in [0.4, 0.5) is 0 Å². The van der Waals surface area contributed by atoms with E-state index in [2.05, 4.69) is 103 Å². The number of rotatable bonds is 3. The van der Waals surface area contributed by atoms with Crippen molar-refractivity contribution in [1.29, 1.82) is 0 Å². The number of halogens is 2. The second-order valence-corrected chi connectivity index (χ2v) is 14.0. The number of hydrogen-bond donors (Lipinski definition) is 0. The Bertz CT molecular complexity index is 993. The quantitative estimate of drug-likeness (QED) is 0.288. The first-order chi connectivity index (χ1) is 12.9. The van der Waals surface area contributed by atoms with Crippen LogP contribution in [0.2, 0.25) is 0 Å². The standard InChI is InChI=1S/2C9H7.C6H5P.2ClH.Ti/c2*1-2-5-9-7-3-6-8(9)4-1;7-6-4-2-1-3-5-6;;;/h2*1-7H;1-5H;2*1H;. The average molecular weight is 459 g/mol. The van der Waals surface area contributed by atoms with E-state index >= 15 is 0 Å². The van der Waals surface area contributed by atoms with Crippen molar-refractivity contribution >= 4 is 48.4 Å². The molecule has 0 saturated heterocycles. The average Bonchev–Trinajstić information content (AvgIpc) is 3.32. The van der Waals surface area contributed by atoms with Crippen molar-refractivity contribution in [2.75, 3.05) is 0 Å². The fourth-order valence-corrected chi connectivity index (χ4v) is 13.5. The largest absolute Gasteiger partial charge is 0.147 e. The van der Waals surface area contributed by atoms with Gasteiger partial charge in [-0.3, -0.25) is 0 Å². The van der Waals surface area contributed by atoms with Crippen molar-refractivity contribution in [3.05, 3.63) is 113 Å². The summed E-state index contributed by atoms with van der Waals surface area (Å²) in [6, 6.07) is 29.0. The molecule has 0 heterocycles. The Labute approximate surface area is 186 Å². The molecule has 3 aromatic rings. The van der Waals surface area contributed by atoms with Crippen LogP contribution in [0.1, 0.15) is 30.7 Å². The van der Waals surface area contributed by atoms with Gasteiger partial charge in [0.15, 0.2) is 0 Å². The number of fused-ring (bicyclic) bond motifs is 2. The molecule has 140 valence electrons. The predicted molar refractivity (Wildman–Crippen MR) is 124 cm³/mol. The molecule has 3 aromatic carbocycles. The molecule has 0 aliphatic heterocycles. The van der Waals surface area contributed by atoms with Gasteiger partial charge in [-0.25, -0.2) is 0 Å². The molecule has 0 fully saturated rings. The maximum Gasteiger partial charge on any atom is -0.147 e. The summed E-state index contributed by atoms with van der Waals surface area (Å²) < 4.78 is 1.24. The van der Waals surface area contributed by atoms with Crippen LogP contribution in [0.25, 0.3) is 12.2 Å². The van der Waals surface area contributed by atoms with E-state index < -0.39 is 16.9 Å². The fraction of sp³-hybridized carbons (Fsp3) is 0.0833. The van der Waals surface area contributed by atoms with E-state index in [1.807, 2.05) is 0 Å². The molecule has 2 unspecified atom stereocenters. The molecule has 0 radical (unpaired) electrons. The maximum atomic E-state index is 2.49. The SMILES string of the molecule is C1=C[CH]([Ti](=[P]c2ccccc2)[CH]2C=Cc3ccccc32)c2ccccc21.Cl.Cl. The van der Waals surface area contributed by atoms with Crippen LogP contribution in [0.3, 0.4) is 0 Å². The molecule has 0 amide bonds. The fourth-order valence-electron chi connectivity index (χ4n) is 4.00. The van der Waals surface area contributed by atoms with Gasteiger partial charge >= 0.3 is 162 Å². The molecule has 0 saturated carbocycles. The van der Waals surface area contributed by atoms with Crippen LogP contribution in [0.5, 0.6) is 0 Å². The van der Waals surface area contributed by atoms with Crippen LogP contribution >= 0.6 is 30.9 Å². The third kappa shape index (κ3) is 4.04. The Morgan fingerprint density at radius 3 is 1.57 bits per heavy atom. The van der Waals surface area contributed by atoms with E-state index in [0.717, 1.165) is 0 Å². The van der Waals surface area contributed by atoms with Crippen LogP contribution in [0, 0.1) is 0 Å². The molecule has 0 bridgehead atoms. The Kier molecular flexibility index (Phi) is 7.27. The van der Waals surface area contributed by atoms with Crippen LogP contribution in [-0.2, 0) is 16.9 Å². The molecule has 2 aliphatic carbocycles. The first-order valence-corrected chi connectivity index (χ1v) is 13.9. The van der Waals surface area contributed by atoms with Gasteiger partial charge < -0.3 is 0 Å². The van der Waals surface area contributed by atoms with E-state index in [-0.39, 0.29) is 24.8 Å². The van der Waals surface area contributed by atoms with Gasteiger partial charge in [-0.05, 0) is 0 Å². The summed E-state index contributed by atoms with van der Waals surface area (Å²) in [7, 11) is 0. The molecule has 2 atom stereocenters. The van der Waals surface area contributed by atoms with E-state index in [4.69, 9.17) is 0 Å². The maximum absolute atomic E-state index is 2.49. The monoisotopic (exact) mass is 458 g/mol. The van der Waals surface area contributed by atoms with Gasteiger partial charge in [0.05, 0.1) is 0 Å².